The molecule has 0 bridgehead atoms. The van der Waals surface area contributed by atoms with E-state index in [2.05, 4.69) is 10.3 Å². The van der Waals surface area contributed by atoms with Gasteiger partial charge in [-0.05, 0) is 12.0 Å². The maximum atomic E-state index is 11.5. The van der Waals surface area contributed by atoms with E-state index in [9.17, 15) is 20.0 Å². The third-order valence-electron chi connectivity index (χ3n) is 4.56. The van der Waals surface area contributed by atoms with Crippen molar-refractivity contribution in [2.45, 2.75) is 12.5 Å². The van der Waals surface area contributed by atoms with Gasteiger partial charge < -0.3 is 10.4 Å². The monoisotopic (exact) mass is 452 g/mol. The zero-order valence-electron chi connectivity index (χ0n) is 16.0. The summed E-state index contributed by atoms with van der Waals surface area (Å²) >= 11 is 2.71. The molecule has 0 fully saturated rings. The van der Waals surface area contributed by atoms with Crippen LogP contribution in [0.3, 0.4) is 0 Å². The van der Waals surface area contributed by atoms with E-state index >= 15 is 0 Å². The van der Waals surface area contributed by atoms with Crippen LogP contribution in [0.5, 0.6) is 0 Å². The fraction of sp³-hybridized carbons (Fsp3) is 0.0952. The number of thiazole rings is 2. The third-order valence-corrected chi connectivity index (χ3v) is 6.23. The molecule has 0 saturated carbocycles. The number of nitrogens with zero attached hydrogens (tertiary/aromatic N) is 3. The Hall–Kier alpha value is -3.63. The minimum absolute atomic E-state index is 0.0175. The van der Waals surface area contributed by atoms with Crippen molar-refractivity contribution in [3.05, 3.63) is 92.6 Å². The molecule has 0 amide bonds. The van der Waals surface area contributed by atoms with Crippen LogP contribution in [0, 0.1) is 10.1 Å². The summed E-state index contributed by atoms with van der Waals surface area (Å²) < 4.78 is 0. The van der Waals surface area contributed by atoms with Gasteiger partial charge in [0.15, 0.2) is 5.69 Å². The first kappa shape index (κ1) is 20.6. The highest BCUT2D eigenvalue weighted by Crippen LogP contribution is 2.32. The lowest BCUT2D eigenvalue weighted by molar-refractivity contribution is -0.384. The van der Waals surface area contributed by atoms with E-state index in [-0.39, 0.29) is 17.4 Å². The number of hydrogen-bond donors (Lipinski definition) is 2. The van der Waals surface area contributed by atoms with E-state index in [0.717, 1.165) is 21.8 Å². The fourth-order valence-corrected chi connectivity index (χ4v) is 4.64. The van der Waals surface area contributed by atoms with Gasteiger partial charge in [0.25, 0.3) is 5.69 Å². The number of nitro benzene ring substituents is 1. The van der Waals surface area contributed by atoms with E-state index in [1.807, 2.05) is 35.7 Å². The number of aromatic nitrogens is 2. The Bertz CT molecular complexity index is 1210. The number of nitrogens with one attached hydrogen (secondary N) is 1. The summed E-state index contributed by atoms with van der Waals surface area (Å²) in [6.07, 6.45) is 0.465. The molecule has 2 heterocycles. The zero-order valence-corrected chi connectivity index (χ0v) is 17.6. The van der Waals surface area contributed by atoms with Crippen LogP contribution in [0.2, 0.25) is 0 Å². The Morgan fingerprint density at radius 3 is 2.55 bits per heavy atom. The number of rotatable bonds is 8. The number of anilines is 1. The van der Waals surface area contributed by atoms with Crippen molar-refractivity contribution in [3.8, 4) is 10.6 Å². The van der Waals surface area contributed by atoms with Gasteiger partial charge in [-0.25, -0.2) is 14.8 Å². The van der Waals surface area contributed by atoms with E-state index in [0.29, 0.717) is 11.4 Å². The molecule has 0 aliphatic carbocycles. The number of non-ortho nitro benzene ring substituents is 1. The Labute approximate surface area is 185 Å². The number of aromatic carboxylic acids is 1. The molecule has 0 aliphatic rings. The lowest BCUT2D eigenvalue weighted by atomic mass is 10.0. The lowest BCUT2D eigenvalue weighted by Gasteiger charge is -2.17. The molecule has 2 N–H and O–H groups in total. The molecule has 4 rings (SSSR count). The van der Waals surface area contributed by atoms with Gasteiger partial charge in [-0.1, -0.05) is 42.5 Å². The number of carbonyl (C=O) groups is 1. The molecule has 31 heavy (non-hydrogen) atoms. The van der Waals surface area contributed by atoms with Crippen molar-refractivity contribution in [2.24, 2.45) is 0 Å². The van der Waals surface area contributed by atoms with Gasteiger partial charge in [0.1, 0.15) is 10.0 Å². The van der Waals surface area contributed by atoms with Gasteiger partial charge in [-0.3, -0.25) is 10.1 Å². The standard InChI is InChI=1S/C21H16N4O4S2/c26-21(27)18-20(31-12-22-18)23-16(10-13-6-8-15(9-7-13)25(28)29)17-11-30-19(24-17)14-4-2-1-3-5-14/h1-9,11-12,16,23H,10H2,(H,26,27)/t16-/m0/s1. The highest BCUT2D eigenvalue weighted by molar-refractivity contribution is 7.14. The van der Waals surface area contributed by atoms with Gasteiger partial charge in [0.05, 0.1) is 22.2 Å². The number of carboxylic acids is 1. The van der Waals surface area contributed by atoms with E-state index in [1.165, 1.54) is 40.3 Å². The van der Waals surface area contributed by atoms with Crippen LogP contribution in [0.25, 0.3) is 10.6 Å². The minimum Gasteiger partial charge on any atom is -0.476 e. The van der Waals surface area contributed by atoms with Crippen molar-refractivity contribution in [2.75, 3.05) is 5.32 Å². The Balaban J connectivity index is 1.65. The second kappa shape index (κ2) is 9.02. The fourth-order valence-electron chi connectivity index (χ4n) is 3.04. The van der Waals surface area contributed by atoms with Gasteiger partial charge in [-0.15, -0.1) is 22.7 Å². The van der Waals surface area contributed by atoms with E-state index in [1.54, 1.807) is 12.1 Å². The summed E-state index contributed by atoms with van der Waals surface area (Å²) in [5, 5.41) is 26.8. The molecule has 0 unspecified atom stereocenters. The minimum atomic E-state index is -1.11. The Morgan fingerprint density at radius 2 is 1.87 bits per heavy atom. The normalized spacial score (nSPS) is 11.7. The molecular formula is C21H16N4O4S2. The Kier molecular flexibility index (Phi) is 6.01. The Morgan fingerprint density at radius 1 is 1.13 bits per heavy atom. The first-order valence-corrected chi connectivity index (χ1v) is 10.9. The number of nitro groups is 1. The maximum Gasteiger partial charge on any atom is 0.357 e. The molecule has 8 nitrogen and oxygen atoms in total. The predicted molar refractivity (Wildman–Crippen MR) is 120 cm³/mol. The zero-order chi connectivity index (χ0) is 21.8. The van der Waals surface area contributed by atoms with Crippen molar-refractivity contribution < 1.29 is 14.8 Å². The van der Waals surface area contributed by atoms with Crippen LogP contribution in [0.15, 0.2) is 65.5 Å². The molecular weight excluding hydrogens is 436 g/mol. The first-order chi connectivity index (χ1) is 15.0. The molecule has 10 heteroatoms. The predicted octanol–water partition coefficient (Wildman–Crippen LogP) is 5.27. The number of carboxylic acid groups (broad SMARTS) is 1. The third kappa shape index (κ3) is 4.76. The van der Waals surface area contributed by atoms with Gasteiger partial charge in [0, 0.05) is 23.1 Å². The average molecular weight is 453 g/mol. The lowest BCUT2D eigenvalue weighted by Crippen LogP contribution is -2.15. The molecule has 2 aromatic heterocycles. The summed E-state index contributed by atoms with van der Waals surface area (Å²) in [4.78, 5) is 30.6. The van der Waals surface area contributed by atoms with Crippen LogP contribution < -0.4 is 5.32 Å². The van der Waals surface area contributed by atoms with E-state index < -0.39 is 10.9 Å². The summed E-state index contributed by atoms with van der Waals surface area (Å²) in [5.74, 6) is -1.11. The summed E-state index contributed by atoms with van der Waals surface area (Å²) in [6.45, 7) is 0. The quantitative estimate of drug-likeness (QED) is 0.276. The van der Waals surface area contributed by atoms with Crippen LogP contribution in [-0.4, -0.2) is 26.0 Å². The highest BCUT2D eigenvalue weighted by Gasteiger charge is 2.22. The smallest absolute Gasteiger partial charge is 0.357 e. The largest absolute Gasteiger partial charge is 0.476 e. The topological polar surface area (TPSA) is 118 Å². The van der Waals surface area contributed by atoms with Crippen molar-refractivity contribution >= 4 is 39.3 Å². The van der Waals surface area contributed by atoms with Crippen LogP contribution in [0.4, 0.5) is 10.7 Å². The van der Waals surface area contributed by atoms with Crippen molar-refractivity contribution in [1.82, 2.24) is 9.97 Å². The van der Waals surface area contributed by atoms with Crippen LogP contribution in [-0.2, 0) is 6.42 Å². The van der Waals surface area contributed by atoms with Crippen molar-refractivity contribution in [1.29, 1.82) is 0 Å². The summed E-state index contributed by atoms with van der Waals surface area (Å²) in [5.41, 5.74) is 4.06. The van der Waals surface area contributed by atoms with E-state index in [4.69, 9.17) is 4.98 Å². The molecule has 4 aromatic rings. The first-order valence-electron chi connectivity index (χ1n) is 9.19. The molecule has 2 aromatic carbocycles. The van der Waals surface area contributed by atoms with Gasteiger partial charge in [0.2, 0.25) is 0 Å². The van der Waals surface area contributed by atoms with Gasteiger partial charge in [-0.2, -0.15) is 0 Å². The second-order valence-corrected chi connectivity index (χ2v) is 8.32. The van der Waals surface area contributed by atoms with Crippen LogP contribution >= 0.6 is 22.7 Å². The maximum absolute atomic E-state index is 11.5. The molecule has 0 spiro atoms. The number of benzene rings is 2. The van der Waals surface area contributed by atoms with Crippen molar-refractivity contribution in [3.63, 3.8) is 0 Å². The SMILES string of the molecule is O=C(O)c1ncsc1N[C@@H](Cc1ccc([N+](=O)[O-])cc1)c1csc(-c2ccccc2)n1. The second-order valence-electron chi connectivity index (χ2n) is 6.60. The molecule has 0 radical (unpaired) electrons. The highest BCUT2D eigenvalue weighted by atomic mass is 32.1. The molecule has 0 saturated heterocycles. The molecule has 156 valence electrons. The molecule has 1 atom stereocenters. The molecule has 0 aliphatic heterocycles. The summed E-state index contributed by atoms with van der Waals surface area (Å²) in [6, 6.07) is 15.8. The average Bonchev–Trinajstić information content (AvgIpc) is 3.44. The van der Waals surface area contributed by atoms with Gasteiger partial charge >= 0.3 is 5.97 Å². The summed E-state index contributed by atoms with van der Waals surface area (Å²) in [7, 11) is 0. The number of hydrogen-bond acceptors (Lipinski definition) is 8. The van der Waals surface area contributed by atoms with Crippen LogP contribution in [0.1, 0.15) is 27.8 Å².